The summed E-state index contributed by atoms with van der Waals surface area (Å²) in [6, 6.07) is 0. The van der Waals surface area contributed by atoms with Gasteiger partial charge in [-0.3, -0.25) is 5.32 Å². The van der Waals surface area contributed by atoms with Gasteiger partial charge in [-0.05, 0) is 45.3 Å². The van der Waals surface area contributed by atoms with Crippen LogP contribution in [0.25, 0.3) is 0 Å². The molecule has 2 aliphatic heterocycles. The third-order valence-corrected chi connectivity index (χ3v) is 3.17. The highest BCUT2D eigenvalue weighted by molar-refractivity contribution is 4.68. The lowest BCUT2D eigenvalue weighted by atomic mass is 10.1. The second-order valence-electron chi connectivity index (χ2n) is 4.36. The van der Waals surface area contributed by atoms with Gasteiger partial charge in [0.2, 0.25) is 0 Å². The summed E-state index contributed by atoms with van der Waals surface area (Å²) in [5.74, 6) is 0. The maximum atomic E-state index is 5.63. The molecule has 0 bridgehead atoms. The van der Waals surface area contributed by atoms with Crippen molar-refractivity contribution >= 4 is 0 Å². The van der Waals surface area contributed by atoms with Crippen LogP contribution in [0.1, 0.15) is 32.1 Å². The Morgan fingerprint density at radius 2 is 2.00 bits per heavy atom. The number of rotatable bonds is 3. The monoisotopic (exact) mass is 198 g/mol. The number of nitrogens with zero attached hydrogens (tertiary/aromatic N) is 1. The summed E-state index contributed by atoms with van der Waals surface area (Å²) in [6.07, 6.45) is 6.85. The van der Waals surface area contributed by atoms with E-state index >= 15 is 0 Å². The highest BCUT2D eigenvalue weighted by Gasteiger charge is 2.15. The van der Waals surface area contributed by atoms with Crippen molar-refractivity contribution in [2.45, 2.75) is 38.3 Å². The Kier molecular flexibility index (Phi) is 4.22. The molecule has 2 rings (SSSR count). The quantitative estimate of drug-likeness (QED) is 0.737. The van der Waals surface area contributed by atoms with E-state index in [-0.39, 0.29) is 0 Å². The number of hydrogen-bond donors (Lipinski definition) is 1. The number of ether oxygens (including phenoxy) is 1. The maximum absolute atomic E-state index is 5.63. The molecule has 1 atom stereocenters. The Bertz CT molecular complexity index is 133. The Hall–Kier alpha value is -0.120. The number of nitrogens with one attached hydrogen (secondary N) is 1. The van der Waals surface area contributed by atoms with Crippen LogP contribution in [-0.2, 0) is 4.74 Å². The molecule has 0 radical (unpaired) electrons. The second kappa shape index (κ2) is 5.69. The molecular formula is C11H22N2O. The normalized spacial score (nSPS) is 30.4. The number of likely N-dealkylation sites (tertiary alicyclic amines) is 1. The molecule has 2 fully saturated rings. The van der Waals surface area contributed by atoms with E-state index in [1.54, 1.807) is 0 Å². The van der Waals surface area contributed by atoms with Crippen LogP contribution in [0.3, 0.4) is 0 Å². The van der Waals surface area contributed by atoms with Crippen LogP contribution in [0.5, 0.6) is 0 Å². The molecule has 2 aliphatic rings. The molecule has 2 heterocycles. The topological polar surface area (TPSA) is 24.5 Å². The molecule has 1 N–H and O–H groups in total. The van der Waals surface area contributed by atoms with Crippen LogP contribution >= 0.6 is 0 Å². The molecule has 1 unspecified atom stereocenters. The minimum absolute atomic E-state index is 0.325. The first-order valence-corrected chi connectivity index (χ1v) is 6.02. The van der Waals surface area contributed by atoms with Gasteiger partial charge in [0.15, 0.2) is 0 Å². The summed E-state index contributed by atoms with van der Waals surface area (Å²) in [5.41, 5.74) is 0. The van der Waals surface area contributed by atoms with Gasteiger partial charge in [-0.15, -0.1) is 0 Å². The molecule has 0 aliphatic carbocycles. The van der Waals surface area contributed by atoms with Crippen LogP contribution < -0.4 is 5.32 Å². The molecule has 0 saturated carbocycles. The maximum Gasteiger partial charge on any atom is 0.109 e. The SMILES string of the molecule is C1CCN(CCC2NCCCO2)CC1. The molecule has 0 spiro atoms. The van der Waals surface area contributed by atoms with E-state index in [4.69, 9.17) is 4.74 Å². The van der Waals surface area contributed by atoms with Crippen molar-refractivity contribution in [2.24, 2.45) is 0 Å². The average Bonchev–Trinajstić information content (AvgIpc) is 2.29. The van der Waals surface area contributed by atoms with Crippen molar-refractivity contribution < 1.29 is 4.74 Å². The van der Waals surface area contributed by atoms with Crippen molar-refractivity contribution in [1.29, 1.82) is 0 Å². The zero-order valence-electron chi connectivity index (χ0n) is 9.00. The fraction of sp³-hybridized carbons (Fsp3) is 1.00. The first kappa shape index (κ1) is 10.4. The molecule has 3 heteroatoms. The molecule has 14 heavy (non-hydrogen) atoms. The Morgan fingerprint density at radius 1 is 1.14 bits per heavy atom. The lowest BCUT2D eigenvalue weighted by molar-refractivity contribution is -0.00978. The molecule has 2 saturated heterocycles. The summed E-state index contributed by atoms with van der Waals surface area (Å²) in [5, 5.41) is 3.41. The highest BCUT2D eigenvalue weighted by Crippen LogP contribution is 2.10. The van der Waals surface area contributed by atoms with Crippen LogP contribution in [0.2, 0.25) is 0 Å². The summed E-state index contributed by atoms with van der Waals surface area (Å²) < 4.78 is 5.63. The van der Waals surface area contributed by atoms with Gasteiger partial charge in [-0.1, -0.05) is 6.42 Å². The van der Waals surface area contributed by atoms with Gasteiger partial charge >= 0.3 is 0 Å². The van der Waals surface area contributed by atoms with Crippen LogP contribution in [0, 0.1) is 0 Å². The first-order valence-electron chi connectivity index (χ1n) is 6.02. The van der Waals surface area contributed by atoms with Gasteiger partial charge in [0.25, 0.3) is 0 Å². The number of hydrogen-bond acceptors (Lipinski definition) is 3. The van der Waals surface area contributed by atoms with Gasteiger partial charge in [0.05, 0.1) is 0 Å². The van der Waals surface area contributed by atoms with Crippen molar-refractivity contribution in [1.82, 2.24) is 10.2 Å². The Balaban J connectivity index is 1.60. The van der Waals surface area contributed by atoms with E-state index in [1.165, 1.54) is 45.3 Å². The summed E-state index contributed by atoms with van der Waals surface area (Å²) in [7, 11) is 0. The lowest BCUT2D eigenvalue weighted by Gasteiger charge is -2.30. The Morgan fingerprint density at radius 3 is 2.71 bits per heavy atom. The summed E-state index contributed by atoms with van der Waals surface area (Å²) >= 11 is 0. The fourth-order valence-electron chi connectivity index (χ4n) is 2.29. The summed E-state index contributed by atoms with van der Waals surface area (Å²) in [4.78, 5) is 2.57. The molecule has 0 aromatic carbocycles. The number of piperidine rings is 1. The predicted molar refractivity (Wildman–Crippen MR) is 57.3 cm³/mol. The van der Waals surface area contributed by atoms with E-state index in [2.05, 4.69) is 10.2 Å². The van der Waals surface area contributed by atoms with Gasteiger partial charge in [0.1, 0.15) is 6.23 Å². The van der Waals surface area contributed by atoms with Crippen LogP contribution in [-0.4, -0.2) is 43.9 Å². The third-order valence-electron chi connectivity index (χ3n) is 3.17. The zero-order chi connectivity index (χ0) is 9.64. The lowest BCUT2D eigenvalue weighted by Crippen LogP contribution is -2.41. The van der Waals surface area contributed by atoms with E-state index in [0.29, 0.717) is 6.23 Å². The van der Waals surface area contributed by atoms with Crippen LogP contribution in [0.4, 0.5) is 0 Å². The van der Waals surface area contributed by atoms with Gasteiger partial charge in [0, 0.05) is 13.2 Å². The average molecular weight is 198 g/mol. The third kappa shape index (κ3) is 3.23. The smallest absolute Gasteiger partial charge is 0.109 e. The van der Waals surface area contributed by atoms with Crippen LogP contribution in [0.15, 0.2) is 0 Å². The largest absolute Gasteiger partial charge is 0.363 e. The van der Waals surface area contributed by atoms with E-state index in [1.807, 2.05) is 0 Å². The predicted octanol–water partition coefficient (Wildman–Crippen LogP) is 1.20. The van der Waals surface area contributed by atoms with Gasteiger partial charge in [-0.25, -0.2) is 0 Å². The van der Waals surface area contributed by atoms with Crippen molar-refractivity contribution in [3.63, 3.8) is 0 Å². The molecular weight excluding hydrogens is 176 g/mol. The van der Waals surface area contributed by atoms with Gasteiger partial charge in [-0.2, -0.15) is 0 Å². The minimum Gasteiger partial charge on any atom is -0.363 e. The standard InChI is InChI=1S/C11H22N2O/c1-2-7-13(8-3-1)9-5-11-12-6-4-10-14-11/h11-12H,1-10H2. The molecule has 0 aromatic heterocycles. The second-order valence-corrected chi connectivity index (χ2v) is 4.36. The van der Waals surface area contributed by atoms with E-state index < -0.39 is 0 Å². The van der Waals surface area contributed by atoms with E-state index in [9.17, 15) is 0 Å². The Labute approximate surface area is 86.8 Å². The molecule has 82 valence electrons. The van der Waals surface area contributed by atoms with Crippen molar-refractivity contribution in [3.05, 3.63) is 0 Å². The zero-order valence-corrected chi connectivity index (χ0v) is 9.00. The molecule has 0 aromatic rings. The molecule has 3 nitrogen and oxygen atoms in total. The first-order chi connectivity index (χ1) is 6.95. The molecule has 0 amide bonds. The highest BCUT2D eigenvalue weighted by atomic mass is 16.5. The van der Waals surface area contributed by atoms with Gasteiger partial charge < -0.3 is 9.64 Å². The summed E-state index contributed by atoms with van der Waals surface area (Å²) in [6.45, 7) is 5.87. The minimum atomic E-state index is 0.325. The van der Waals surface area contributed by atoms with Crippen molar-refractivity contribution in [2.75, 3.05) is 32.8 Å². The van der Waals surface area contributed by atoms with E-state index in [0.717, 1.165) is 19.6 Å². The van der Waals surface area contributed by atoms with Crippen molar-refractivity contribution in [3.8, 4) is 0 Å². The fourth-order valence-corrected chi connectivity index (χ4v) is 2.29.